The molecule has 18 heteroatoms. The number of hydrogen-bond donors (Lipinski definition) is 4. The number of carbonyl (C=O) groups excluding carboxylic acids is 3. The molecule has 0 fully saturated rings. The van der Waals surface area contributed by atoms with E-state index in [0.29, 0.717) is 19.3 Å². The van der Waals surface area contributed by atoms with E-state index in [-0.39, 0.29) is 19.3 Å². The summed E-state index contributed by atoms with van der Waals surface area (Å²) in [5.41, 5.74) is 0. The summed E-state index contributed by atoms with van der Waals surface area (Å²) in [5.74, 6) is -1.59. The molecule has 16 nitrogen and oxygen atoms in total. The molecule has 5 atom stereocenters. The van der Waals surface area contributed by atoms with Crippen LogP contribution in [0.1, 0.15) is 393 Å². The van der Waals surface area contributed by atoms with Gasteiger partial charge in [0.05, 0.1) is 26.4 Å². The van der Waals surface area contributed by atoms with Gasteiger partial charge in [-0.3, -0.25) is 32.5 Å². The van der Waals surface area contributed by atoms with Gasteiger partial charge in [-0.25, -0.2) is 9.13 Å². The van der Waals surface area contributed by atoms with Crippen molar-refractivity contribution in [2.45, 2.75) is 411 Å². The zero-order chi connectivity index (χ0) is 86.5. The van der Waals surface area contributed by atoms with E-state index < -0.39 is 91.5 Å². The molecule has 0 rings (SSSR count). The number of aliphatic hydroxyl groups excluding tert-OH is 2. The normalized spacial score (nSPS) is 14.5. The highest BCUT2D eigenvalue weighted by Crippen LogP contribution is 2.45. The molecule has 0 spiro atoms. The van der Waals surface area contributed by atoms with Crippen molar-refractivity contribution >= 4 is 33.6 Å². The highest BCUT2D eigenvalue weighted by Gasteiger charge is 2.30. The standard InChI is InChI=1S/C101H172O16P2/c1-4-7-10-13-16-19-22-25-28-31-34-37-40-42-43-44-45-46-47-48-49-50-51-53-56-57-60-63-66-69-72-75-78-81-84-87-99(104)111-90-96(102)91-113-118(107,108)114-92-97(103)93-115-119(109,110)116-95-98(117-101(106)89-86-83-80-77-74-71-68-65-62-59-54-39-36-33-30-27-24-21-18-15-12-9-6-3)94-112-100(105)88-85-82-79-76-73-70-67-64-61-58-55-52-41-38-35-32-29-26-23-20-17-14-11-8-5-2/h7,9-10,12,16-21,25-30,34-39,42-43,52,55,59,62,96-98,102-103H,4-6,8,11,13-15,22-24,31-33,40-41,44-51,53-54,56-58,60-61,63-95H2,1-3H3,(H,107,108)(H,109,110)/b10-7-,12-9-,19-16-,20-17-,21-18-,28-25-,29-26-,30-27-,37-34-,38-35-,39-36-,43-42-,55-52-,62-59-. The van der Waals surface area contributed by atoms with Crippen LogP contribution in [0.3, 0.4) is 0 Å². The summed E-state index contributed by atoms with van der Waals surface area (Å²) in [6, 6.07) is 0. The fourth-order valence-corrected chi connectivity index (χ4v) is 14.4. The summed E-state index contributed by atoms with van der Waals surface area (Å²) >= 11 is 0. The number of ether oxygens (including phenoxy) is 3. The topological polar surface area (TPSA) is 231 Å². The molecule has 0 saturated carbocycles. The van der Waals surface area contributed by atoms with E-state index in [4.69, 9.17) is 32.3 Å². The molecule has 0 amide bonds. The molecular formula is C101H172O16P2. The highest BCUT2D eigenvalue weighted by atomic mass is 31.2. The van der Waals surface area contributed by atoms with Gasteiger partial charge in [0.2, 0.25) is 0 Å². The molecule has 0 aromatic carbocycles. The number of hydrogen-bond acceptors (Lipinski definition) is 14. The van der Waals surface area contributed by atoms with Gasteiger partial charge in [-0.15, -0.1) is 0 Å². The van der Waals surface area contributed by atoms with E-state index in [0.717, 1.165) is 180 Å². The van der Waals surface area contributed by atoms with Crippen LogP contribution in [0.2, 0.25) is 0 Å². The quantitative estimate of drug-likeness (QED) is 0.0146. The van der Waals surface area contributed by atoms with Crippen LogP contribution in [-0.4, -0.2) is 95.9 Å². The summed E-state index contributed by atoms with van der Waals surface area (Å²) in [4.78, 5) is 59.0. The van der Waals surface area contributed by atoms with Gasteiger partial charge < -0.3 is 34.2 Å². The van der Waals surface area contributed by atoms with Crippen LogP contribution >= 0.6 is 15.6 Å². The lowest BCUT2D eigenvalue weighted by Gasteiger charge is -2.21. The van der Waals surface area contributed by atoms with Crippen molar-refractivity contribution in [3.8, 4) is 0 Å². The Kier molecular flexibility index (Phi) is 88.2. The first-order valence-corrected chi connectivity index (χ1v) is 50.4. The molecular weight excluding hydrogens is 1530 g/mol. The van der Waals surface area contributed by atoms with Gasteiger partial charge in [-0.2, -0.15) is 0 Å². The first kappa shape index (κ1) is 114. The molecule has 0 heterocycles. The minimum Gasteiger partial charge on any atom is -0.463 e. The van der Waals surface area contributed by atoms with Crippen LogP contribution in [0.4, 0.5) is 0 Å². The molecule has 0 aliphatic heterocycles. The van der Waals surface area contributed by atoms with Crippen LogP contribution in [0, 0.1) is 0 Å². The average Bonchev–Trinajstić information content (AvgIpc) is 0.912. The third-order valence-electron chi connectivity index (χ3n) is 19.9. The van der Waals surface area contributed by atoms with E-state index in [1.165, 1.54) is 154 Å². The Morgan fingerprint density at radius 3 is 0.706 bits per heavy atom. The van der Waals surface area contributed by atoms with Crippen molar-refractivity contribution in [1.29, 1.82) is 0 Å². The Labute approximate surface area is 726 Å². The molecule has 4 N–H and O–H groups in total. The lowest BCUT2D eigenvalue weighted by atomic mass is 10.0. The number of rotatable bonds is 89. The Bertz CT molecular complexity index is 2840. The third-order valence-corrected chi connectivity index (χ3v) is 21.8. The van der Waals surface area contributed by atoms with Gasteiger partial charge >= 0.3 is 33.6 Å². The van der Waals surface area contributed by atoms with Crippen molar-refractivity contribution < 1.29 is 75.8 Å². The zero-order valence-electron chi connectivity index (χ0n) is 75.2. The maximum absolute atomic E-state index is 13.1. The van der Waals surface area contributed by atoms with Crippen LogP contribution in [0.15, 0.2) is 170 Å². The molecule has 5 unspecified atom stereocenters. The Morgan fingerprint density at radius 2 is 0.445 bits per heavy atom. The van der Waals surface area contributed by atoms with Crippen molar-refractivity contribution in [1.82, 2.24) is 0 Å². The minimum absolute atomic E-state index is 0.0858. The molecule has 0 aliphatic rings. The van der Waals surface area contributed by atoms with Crippen LogP contribution in [0.5, 0.6) is 0 Å². The second-order valence-corrected chi connectivity index (χ2v) is 34.3. The monoisotopic (exact) mass is 1700 g/mol. The SMILES string of the molecule is CC/C=C\C/C=C\C/C=C\C/C=C\C/C=C\CCCCCCCCCCCCCCCCCCCCCC(=O)OCC(O)COP(=O)(O)OCC(O)COP(=O)(O)OCC(COC(=O)CCCCCCCCCCC/C=C\C/C=C\C/C=C\C/C=C\CCCCC)OC(=O)CCCCCCCCC/C=C\C/C=C\C/C=C\C/C=C\C/C=C\CC. The lowest BCUT2D eigenvalue weighted by molar-refractivity contribution is -0.161. The first-order chi connectivity index (χ1) is 58.2. The van der Waals surface area contributed by atoms with E-state index in [9.17, 15) is 43.5 Å². The van der Waals surface area contributed by atoms with E-state index in [1.54, 1.807) is 0 Å². The molecule has 0 aromatic rings. The van der Waals surface area contributed by atoms with E-state index in [1.807, 2.05) is 0 Å². The minimum atomic E-state index is -4.95. The highest BCUT2D eigenvalue weighted by molar-refractivity contribution is 7.47. The largest absolute Gasteiger partial charge is 0.472 e. The summed E-state index contributed by atoms with van der Waals surface area (Å²) in [6.45, 7) is 2.46. The van der Waals surface area contributed by atoms with Gasteiger partial charge in [0.25, 0.3) is 0 Å². The van der Waals surface area contributed by atoms with Gasteiger partial charge in [-0.05, 0) is 154 Å². The van der Waals surface area contributed by atoms with Gasteiger partial charge in [0.15, 0.2) is 6.10 Å². The molecule has 0 bridgehead atoms. The average molecular weight is 1700 g/mol. The molecule has 682 valence electrons. The zero-order valence-corrected chi connectivity index (χ0v) is 77.0. The molecule has 0 radical (unpaired) electrons. The molecule has 119 heavy (non-hydrogen) atoms. The predicted molar refractivity (Wildman–Crippen MR) is 500 cm³/mol. The number of unbranched alkanes of at least 4 members (excludes halogenated alkanes) is 38. The van der Waals surface area contributed by atoms with Crippen LogP contribution < -0.4 is 0 Å². The van der Waals surface area contributed by atoms with Crippen molar-refractivity contribution in [3.63, 3.8) is 0 Å². The van der Waals surface area contributed by atoms with Crippen molar-refractivity contribution in [3.05, 3.63) is 170 Å². The number of carbonyl (C=O) groups is 3. The maximum atomic E-state index is 13.1. The van der Waals surface area contributed by atoms with Crippen molar-refractivity contribution in [2.75, 3.05) is 39.6 Å². The fraction of sp³-hybridized carbons (Fsp3) is 0.693. The molecule has 0 aliphatic carbocycles. The first-order valence-electron chi connectivity index (χ1n) is 47.4. The summed E-state index contributed by atoms with van der Waals surface area (Å²) in [5, 5.41) is 20.8. The number of phosphoric acid groups is 2. The van der Waals surface area contributed by atoms with Gasteiger partial charge in [0, 0.05) is 19.3 Å². The van der Waals surface area contributed by atoms with Gasteiger partial charge in [-0.1, -0.05) is 390 Å². The Hall–Kier alpha value is -5.09. The summed E-state index contributed by atoms with van der Waals surface area (Å²) in [6.07, 6.45) is 120. The second kappa shape index (κ2) is 92.1. The predicted octanol–water partition coefficient (Wildman–Crippen LogP) is 29.4. The number of allylic oxidation sites excluding steroid dienone is 28. The number of aliphatic hydroxyl groups is 2. The summed E-state index contributed by atoms with van der Waals surface area (Å²) < 4.78 is 61.5. The Morgan fingerprint density at radius 1 is 0.244 bits per heavy atom. The van der Waals surface area contributed by atoms with Crippen LogP contribution in [0.25, 0.3) is 0 Å². The number of phosphoric ester groups is 2. The fourth-order valence-electron chi connectivity index (χ4n) is 12.8. The Balaban J connectivity index is 4.55. The third kappa shape index (κ3) is 93.5. The van der Waals surface area contributed by atoms with Gasteiger partial charge in [0.1, 0.15) is 25.4 Å². The maximum Gasteiger partial charge on any atom is 0.472 e. The molecule has 0 saturated heterocycles. The van der Waals surface area contributed by atoms with E-state index in [2.05, 4.69) is 191 Å². The molecule has 0 aromatic heterocycles. The number of esters is 3. The smallest absolute Gasteiger partial charge is 0.463 e. The van der Waals surface area contributed by atoms with Crippen LogP contribution in [-0.2, 0) is 55.8 Å². The van der Waals surface area contributed by atoms with E-state index >= 15 is 0 Å². The lowest BCUT2D eigenvalue weighted by Crippen LogP contribution is -2.30. The van der Waals surface area contributed by atoms with Crippen molar-refractivity contribution in [2.24, 2.45) is 0 Å². The second-order valence-electron chi connectivity index (χ2n) is 31.4. The summed E-state index contributed by atoms with van der Waals surface area (Å²) in [7, 11) is -9.82.